The molecule has 1 atom stereocenters. The molecule has 0 aliphatic heterocycles. The Morgan fingerprint density at radius 3 is 2.68 bits per heavy atom. The monoisotopic (exact) mass is 299 g/mol. The Hall–Kier alpha value is -1.19. The molecule has 0 amide bonds. The number of benzene rings is 1. The summed E-state index contributed by atoms with van der Waals surface area (Å²) in [5, 5.41) is 8.75. The second-order valence-electron chi connectivity index (χ2n) is 4.16. The largest absolute Gasteiger partial charge is 0.260 e. The van der Waals surface area contributed by atoms with Crippen LogP contribution in [0.15, 0.2) is 29.2 Å². The first-order valence-corrected chi connectivity index (χ1v) is 9.21. The molecule has 19 heavy (non-hydrogen) atoms. The van der Waals surface area contributed by atoms with Gasteiger partial charge in [0.05, 0.1) is 22.3 Å². The van der Waals surface area contributed by atoms with Gasteiger partial charge in [-0.3, -0.25) is 4.21 Å². The Labute approximate surface area is 116 Å². The molecule has 0 heterocycles. The molecule has 6 heteroatoms. The summed E-state index contributed by atoms with van der Waals surface area (Å²) in [6.45, 7) is 2.00. The van der Waals surface area contributed by atoms with E-state index in [4.69, 9.17) is 5.26 Å². The first-order valence-electron chi connectivity index (χ1n) is 6.07. The van der Waals surface area contributed by atoms with Crippen molar-refractivity contribution in [3.63, 3.8) is 0 Å². The van der Waals surface area contributed by atoms with Gasteiger partial charge in [0.1, 0.15) is 0 Å². The van der Waals surface area contributed by atoms with Crippen LogP contribution < -0.4 is 0 Å². The van der Waals surface area contributed by atoms with Crippen molar-refractivity contribution >= 4 is 20.6 Å². The minimum absolute atomic E-state index is 0.124. The molecule has 4 nitrogen and oxygen atoms in total. The van der Waals surface area contributed by atoms with Crippen LogP contribution in [0.5, 0.6) is 0 Å². The van der Waals surface area contributed by atoms with E-state index >= 15 is 0 Å². The molecule has 0 radical (unpaired) electrons. The van der Waals surface area contributed by atoms with Crippen LogP contribution in [0.1, 0.15) is 25.3 Å². The van der Waals surface area contributed by atoms with Crippen molar-refractivity contribution in [1.29, 1.82) is 5.26 Å². The lowest BCUT2D eigenvalue weighted by Gasteiger charge is -2.05. The number of hydrogen-bond donors (Lipinski definition) is 0. The lowest BCUT2D eigenvalue weighted by Crippen LogP contribution is -2.15. The third-order valence-electron chi connectivity index (χ3n) is 2.63. The molecule has 0 aromatic heterocycles. The average molecular weight is 299 g/mol. The van der Waals surface area contributed by atoms with E-state index in [0.29, 0.717) is 11.3 Å². The van der Waals surface area contributed by atoms with Crippen LogP contribution in [0.4, 0.5) is 0 Å². The summed E-state index contributed by atoms with van der Waals surface area (Å²) in [6, 6.07) is 7.82. The molecular weight excluding hydrogens is 282 g/mol. The maximum Gasteiger partial charge on any atom is 0.179 e. The maximum absolute atomic E-state index is 12.0. The average Bonchev–Trinajstić information content (AvgIpc) is 2.43. The molecular formula is C13H17NO3S2. The van der Waals surface area contributed by atoms with Gasteiger partial charge in [-0.25, -0.2) is 8.42 Å². The predicted octanol–water partition coefficient (Wildman–Crippen LogP) is 1.88. The summed E-state index contributed by atoms with van der Waals surface area (Å²) in [5.74, 6) is 0.557. The molecule has 1 aromatic rings. The summed E-state index contributed by atoms with van der Waals surface area (Å²) in [7, 11) is -4.55. The Morgan fingerprint density at radius 1 is 1.32 bits per heavy atom. The van der Waals surface area contributed by atoms with Crippen LogP contribution in [0.2, 0.25) is 0 Å². The van der Waals surface area contributed by atoms with E-state index < -0.39 is 20.6 Å². The normalized spacial score (nSPS) is 12.8. The molecule has 104 valence electrons. The van der Waals surface area contributed by atoms with E-state index in [2.05, 4.69) is 0 Å². The van der Waals surface area contributed by atoms with Crippen LogP contribution in [0.3, 0.4) is 0 Å². The second kappa shape index (κ2) is 7.41. The molecule has 0 aliphatic carbocycles. The van der Waals surface area contributed by atoms with Gasteiger partial charge in [0, 0.05) is 22.3 Å². The number of nitrogens with zero attached hydrogens (tertiary/aromatic N) is 1. The fourth-order valence-corrected chi connectivity index (χ4v) is 4.75. The zero-order valence-corrected chi connectivity index (χ0v) is 12.5. The lowest BCUT2D eigenvalue weighted by molar-refractivity contribution is 0.597. The van der Waals surface area contributed by atoms with E-state index in [9.17, 15) is 12.6 Å². The quantitative estimate of drug-likeness (QED) is 0.770. The van der Waals surface area contributed by atoms with E-state index in [1.165, 1.54) is 12.1 Å². The number of sulfone groups is 1. The Kier molecular flexibility index (Phi) is 6.19. The smallest absolute Gasteiger partial charge is 0.179 e. The molecule has 0 N–H and O–H groups in total. The van der Waals surface area contributed by atoms with Gasteiger partial charge in [-0.2, -0.15) is 5.26 Å². The molecule has 0 fully saturated rings. The van der Waals surface area contributed by atoms with Crippen molar-refractivity contribution in [1.82, 2.24) is 0 Å². The van der Waals surface area contributed by atoms with Crippen LogP contribution >= 0.6 is 0 Å². The van der Waals surface area contributed by atoms with Gasteiger partial charge >= 0.3 is 0 Å². The first-order chi connectivity index (χ1) is 8.99. The molecule has 1 rings (SSSR count). The van der Waals surface area contributed by atoms with E-state index in [1.807, 2.05) is 13.0 Å². The highest BCUT2D eigenvalue weighted by Crippen LogP contribution is 2.13. The number of nitriles is 1. The van der Waals surface area contributed by atoms with Crippen molar-refractivity contribution in [2.24, 2.45) is 0 Å². The van der Waals surface area contributed by atoms with E-state index in [1.54, 1.807) is 12.1 Å². The fourth-order valence-electron chi connectivity index (χ4n) is 1.49. The molecule has 1 unspecified atom stereocenters. The van der Waals surface area contributed by atoms with Crippen molar-refractivity contribution in [2.75, 3.05) is 17.3 Å². The highest BCUT2D eigenvalue weighted by molar-refractivity contribution is 7.93. The SMILES string of the molecule is CCCCS(=O)CCS(=O)(=O)c1cccc(C#N)c1. The van der Waals surface area contributed by atoms with Crippen molar-refractivity contribution < 1.29 is 12.6 Å². The third-order valence-corrected chi connectivity index (χ3v) is 6.00. The zero-order valence-electron chi connectivity index (χ0n) is 10.8. The van der Waals surface area contributed by atoms with Crippen LogP contribution in [0, 0.1) is 11.3 Å². The molecule has 0 bridgehead atoms. The number of hydrogen-bond acceptors (Lipinski definition) is 4. The van der Waals surface area contributed by atoms with Crippen LogP contribution in [0.25, 0.3) is 0 Å². The van der Waals surface area contributed by atoms with E-state index in [0.717, 1.165) is 12.8 Å². The predicted molar refractivity (Wildman–Crippen MR) is 76.0 cm³/mol. The van der Waals surface area contributed by atoms with Crippen LogP contribution in [-0.4, -0.2) is 29.9 Å². The molecule has 0 aliphatic rings. The number of rotatable bonds is 7. The van der Waals surface area contributed by atoms with Gasteiger partial charge in [-0.15, -0.1) is 0 Å². The second-order valence-corrected chi connectivity index (χ2v) is 7.97. The first kappa shape index (κ1) is 15.9. The maximum atomic E-state index is 12.0. The minimum Gasteiger partial charge on any atom is -0.260 e. The minimum atomic E-state index is -3.46. The van der Waals surface area contributed by atoms with Crippen molar-refractivity contribution in [3.05, 3.63) is 29.8 Å². The standard InChI is InChI=1S/C13H17NO3S2/c1-2-3-7-18(15)8-9-19(16,17)13-6-4-5-12(10-13)11-14/h4-6,10H,2-3,7-9H2,1H3. The summed E-state index contributed by atoms with van der Waals surface area (Å²) < 4.78 is 35.7. The molecule has 0 saturated heterocycles. The topological polar surface area (TPSA) is 75.0 Å². The van der Waals surface area contributed by atoms with Gasteiger partial charge in [-0.05, 0) is 24.6 Å². The van der Waals surface area contributed by atoms with Crippen LogP contribution in [-0.2, 0) is 20.6 Å². The zero-order chi connectivity index (χ0) is 14.3. The van der Waals surface area contributed by atoms with Gasteiger partial charge in [-0.1, -0.05) is 19.4 Å². The van der Waals surface area contributed by atoms with E-state index in [-0.39, 0.29) is 16.4 Å². The Balaban J connectivity index is 2.71. The number of unbranched alkanes of at least 4 members (excludes halogenated alkanes) is 1. The lowest BCUT2D eigenvalue weighted by atomic mass is 10.2. The van der Waals surface area contributed by atoms with Gasteiger partial charge in [0.25, 0.3) is 0 Å². The summed E-state index contributed by atoms with van der Waals surface area (Å²) in [4.78, 5) is 0.124. The summed E-state index contributed by atoms with van der Waals surface area (Å²) >= 11 is 0. The van der Waals surface area contributed by atoms with Crippen molar-refractivity contribution in [2.45, 2.75) is 24.7 Å². The highest BCUT2D eigenvalue weighted by Gasteiger charge is 2.16. The third kappa shape index (κ3) is 5.13. The Morgan fingerprint density at radius 2 is 2.05 bits per heavy atom. The summed E-state index contributed by atoms with van der Waals surface area (Å²) in [5.41, 5.74) is 0.313. The van der Waals surface area contributed by atoms with Gasteiger partial charge in [0.15, 0.2) is 9.84 Å². The van der Waals surface area contributed by atoms with Gasteiger partial charge < -0.3 is 0 Å². The Bertz CT molecular complexity index is 588. The summed E-state index contributed by atoms with van der Waals surface area (Å²) in [6.07, 6.45) is 1.79. The van der Waals surface area contributed by atoms with Gasteiger partial charge in [0.2, 0.25) is 0 Å². The van der Waals surface area contributed by atoms with Crippen molar-refractivity contribution in [3.8, 4) is 6.07 Å². The highest BCUT2D eigenvalue weighted by atomic mass is 32.2. The molecule has 0 spiro atoms. The fraction of sp³-hybridized carbons (Fsp3) is 0.462. The molecule has 1 aromatic carbocycles. The molecule has 0 saturated carbocycles.